The van der Waals surface area contributed by atoms with Gasteiger partial charge < -0.3 is 28.8 Å². The smallest absolute Gasteiger partial charge is 0.328 e. The summed E-state index contributed by atoms with van der Waals surface area (Å²) in [5.41, 5.74) is 1.17. The topological polar surface area (TPSA) is 95.0 Å². The highest BCUT2D eigenvalue weighted by molar-refractivity contribution is 6.37. The van der Waals surface area contributed by atoms with E-state index in [4.69, 9.17) is 30.5 Å². The number of nitrogens with one attached hydrogen (secondary N) is 1. The first-order valence-electron chi connectivity index (χ1n) is 14.1. The molecule has 0 radical (unpaired) electrons. The van der Waals surface area contributed by atoms with Gasteiger partial charge in [-0.15, -0.1) is 0 Å². The number of hydrogen-bond donors (Lipinski definition) is 1. The van der Waals surface area contributed by atoms with E-state index < -0.39 is 11.2 Å². The fourth-order valence-corrected chi connectivity index (χ4v) is 6.27. The average Bonchev–Trinajstić information content (AvgIpc) is 3.03. The number of hydrogen-bond acceptors (Lipinski definition) is 7. The van der Waals surface area contributed by atoms with Gasteiger partial charge in [-0.3, -0.25) is 9.36 Å². The first kappa shape index (κ1) is 28.2. The number of rotatable bonds is 10. The highest BCUT2D eigenvalue weighted by Crippen LogP contribution is 2.42. The lowest BCUT2D eigenvalue weighted by Gasteiger charge is -2.48. The van der Waals surface area contributed by atoms with Gasteiger partial charge in [-0.1, -0.05) is 35.9 Å². The normalized spacial score (nSPS) is 19.5. The molecule has 0 saturated carbocycles. The molecule has 3 aliphatic heterocycles. The Kier molecular flexibility index (Phi) is 7.88. The molecule has 4 aromatic rings. The number of nitrogens with zero attached hydrogens (tertiary/aromatic N) is 2. The van der Waals surface area contributed by atoms with Crippen molar-refractivity contribution in [3.8, 4) is 23.0 Å². The molecule has 7 rings (SSSR count). The summed E-state index contributed by atoms with van der Waals surface area (Å²) in [6.07, 6.45) is 2.91. The van der Waals surface area contributed by atoms with Crippen molar-refractivity contribution in [2.75, 3.05) is 33.9 Å². The van der Waals surface area contributed by atoms with Gasteiger partial charge in [0.25, 0.3) is 5.56 Å². The number of ether oxygens (including phenoxy) is 4. The fourth-order valence-electron chi connectivity index (χ4n) is 5.94. The van der Waals surface area contributed by atoms with Crippen molar-refractivity contribution in [3.05, 3.63) is 91.6 Å². The lowest BCUT2D eigenvalue weighted by molar-refractivity contribution is 0.0120. The number of piperidine rings is 3. The van der Waals surface area contributed by atoms with Gasteiger partial charge in [0.2, 0.25) is 0 Å². The van der Waals surface area contributed by atoms with Crippen LogP contribution in [0.15, 0.2) is 64.2 Å². The van der Waals surface area contributed by atoms with Crippen LogP contribution in [0.4, 0.5) is 0 Å². The third kappa shape index (κ3) is 5.58. The molecule has 220 valence electrons. The predicted octanol–water partition coefficient (Wildman–Crippen LogP) is 5.00. The summed E-state index contributed by atoms with van der Waals surface area (Å²) < 4.78 is 24.2. The maximum atomic E-state index is 13.9. The molecule has 42 heavy (non-hydrogen) atoms. The Bertz CT molecular complexity index is 1680. The molecule has 1 aromatic heterocycles. The number of halogens is 1. The number of aromatic nitrogens is 2. The Morgan fingerprint density at radius 3 is 1.93 bits per heavy atom. The lowest BCUT2D eigenvalue weighted by Crippen LogP contribution is -2.52. The van der Waals surface area contributed by atoms with E-state index in [0.29, 0.717) is 17.8 Å². The minimum Gasteiger partial charge on any atom is -0.497 e. The number of methoxy groups -OCH3 is 2. The van der Waals surface area contributed by atoms with Gasteiger partial charge in [-0.05, 0) is 79.7 Å². The average molecular weight is 592 g/mol. The van der Waals surface area contributed by atoms with Crippen molar-refractivity contribution < 1.29 is 18.9 Å². The van der Waals surface area contributed by atoms with Crippen molar-refractivity contribution in [2.24, 2.45) is 5.41 Å². The van der Waals surface area contributed by atoms with Crippen molar-refractivity contribution >= 4 is 22.5 Å². The molecule has 4 heterocycles. The molecule has 3 aromatic carbocycles. The van der Waals surface area contributed by atoms with Gasteiger partial charge >= 0.3 is 5.69 Å². The van der Waals surface area contributed by atoms with E-state index in [0.717, 1.165) is 61.5 Å². The molecular weight excluding hydrogens is 558 g/mol. The van der Waals surface area contributed by atoms with Crippen molar-refractivity contribution in [3.63, 3.8) is 0 Å². The standard InChI is InChI=1S/C32H34ClN3O6/c1-39-23-7-3-21(4-8-23)18-41-26-17-25-27(28(33)29(26)42-19-22-5-9-24(40-2)10-6-22)30(37)36(31(38)34-25)20-32-11-14-35(15-12-32)16-13-32/h3-10,17H,11-16,18-20H2,1-2H3,(H,34,38). The van der Waals surface area contributed by atoms with Crippen LogP contribution in [-0.2, 0) is 19.8 Å². The summed E-state index contributed by atoms with van der Waals surface area (Å²) in [6, 6.07) is 16.6. The van der Waals surface area contributed by atoms with Crippen molar-refractivity contribution in [2.45, 2.75) is 39.0 Å². The Morgan fingerprint density at radius 1 is 0.833 bits per heavy atom. The second kappa shape index (κ2) is 11.7. The Hall–Kier alpha value is -3.95. The summed E-state index contributed by atoms with van der Waals surface area (Å²) >= 11 is 6.95. The fraction of sp³-hybridized carbons (Fsp3) is 0.375. The lowest BCUT2D eigenvalue weighted by atomic mass is 9.72. The number of H-pyrrole nitrogens is 1. The summed E-state index contributed by atoms with van der Waals surface area (Å²) in [4.78, 5) is 32.5. The van der Waals surface area contributed by atoms with E-state index in [2.05, 4.69) is 9.88 Å². The molecule has 3 saturated heterocycles. The maximum absolute atomic E-state index is 13.9. The van der Waals surface area contributed by atoms with Crippen LogP contribution < -0.4 is 30.2 Å². The van der Waals surface area contributed by atoms with E-state index in [9.17, 15) is 9.59 Å². The molecule has 0 spiro atoms. The van der Waals surface area contributed by atoms with Crippen LogP contribution in [-0.4, -0.2) is 48.3 Å². The quantitative estimate of drug-likeness (QED) is 0.277. The SMILES string of the molecule is COc1ccc(COc2cc3[nH]c(=O)n(CC45CCN(CC4)CC5)c(=O)c3c(Cl)c2OCc2ccc(OC)cc2)cc1. The van der Waals surface area contributed by atoms with Crippen LogP contribution in [0.3, 0.4) is 0 Å². The third-order valence-electron chi connectivity index (χ3n) is 8.60. The van der Waals surface area contributed by atoms with Crippen LogP contribution >= 0.6 is 11.6 Å². The van der Waals surface area contributed by atoms with E-state index in [1.807, 2.05) is 48.5 Å². The zero-order valence-electron chi connectivity index (χ0n) is 23.8. The van der Waals surface area contributed by atoms with Gasteiger partial charge in [0.05, 0.1) is 25.1 Å². The molecule has 2 bridgehead atoms. The van der Waals surface area contributed by atoms with Crippen LogP contribution in [0.2, 0.25) is 5.02 Å². The minimum atomic E-state index is -0.445. The van der Waals surface area contributed by atoms with E-state index in [1.54, 1.807) is 20.3 Å². The zero-order valence-corrected chi connectivity index (χ0v) is 24.5. The molecule has 10 heteroatoms. The summed E-state index contributed by atoms with van der Waals surface area (Å²) in [5.74, 6) is 2.04. The highest BCUT2D eigenvalue weighted by Gasteiger charge is 2.40. The highest BCUT2D eigenvalue weighted by atomic mass is 35.5. The second-order valence-corrected chi connectivity index (χ2v) is 11.5. The maximum Gasteiger partial charge on any atom is 0.328 e. The van der Waals surface area contributed by atoms with Crippen LogP contribution in [0, 0.1) is 5.41 Å². The van der Waals surface area contributed by atoms with E-state index in [1.165, 1.54) is 4.57 Å². The largest absolute Gasteiger partial charge is 0.497 e. The van der Waals surface area contributed by atoms with Crippen molar-refractivity contribution in [1.29, 1.82) is 0 Å². The molecular formula is C32H34ClN3O6. The first-order valence-corrected chi connectivity index (χ1v) is 14.5. The molecule has 0 atom stereocenters. The molecule has 0 amide bonds. The summed E-state index contributed by atoms with van der Waals surface area (Å²) in [6.45, 7) is 3.77. The van der Waals surface area contributed by atoms with Gasteiger partial charge in [0.15, 0.2) is 11.5 Å². The summed E-state index contributed by atoms with van der Waals surface area (Å²) in [5, 5.41) is 0.319. The number of fused-ring (bicyclic) bond motifs is 4. The third-order valence-corrected chi connectivity index (χ3v) is 8.96. The van der Waals surface area contributed by atoms with E-state index >= 15 is 0 Å². The predicted molar refractivity (Wildman–Crippen MR) is 161 cm³/mol. The van der Waals surface area contributed by atoms with Crippen LogP contribution in [0.1, 0.15) is 30.4 Å². The zero-order chi connectivity index (χ0) is 29.3. The van der Waals surface area contributed by atoms with Gasteiger partial charge in [0.1, 0.15) is 29.7 Å². The monoisotopic (exact) mass is 591 g/mol. The summed E-state index contributed by atoms with van der Waals surface area (Å²) in [7, 11) is 3.22. The molecule has 0 unspecified atom stereocenters. The van der Waals surface area contributed by atoms with Crippen molar-refractivity contribution in [1.82, 2.24) is 14.5 Å². The Labute approximate surface area is 248 Å². The molecule has 0 aliphatic carbocycles. The van der Waals surface area contributed by atoms with Gasteiger partial charge in [-0.2, -0.15) is 0 Å². The van der Waals surface area contributed by atoms with Gasteiger partial charge in [-0.25, -0.2) is 4.79 Å². The first-order chi connectivity index (χ1) is 20.4. The molecule has 3 fully saturated rings. The second-order valence-electron chi connectivity index (χ2n) is 11.1. The van der Waals surface area contributed by atoms with Crippen LogP contribution in [0.5, 0.6) is 23.0 Å². The molecule has 1 N–H and O–H groups in total. The molecule has 3 aliphatic rings. The Morgan fingerprint density at radius 2 is 1.38 bits per heavy atom. The number of benzene rings is 3. The number of aromatic amines is 1. The molecule has 9 nitrogen and oxygen atoms in total. The van der Waals surface area contributed by atoms with Crippen LogP contribution in [0.25, 0.3) is 10.9 Å². The van der Waals surface area contributed by atoms with E-state index in [-0.39, 0.29) is 34.8 Å². The van der Waals surface area contributed by atoms with Gasteiger partial charge in [0, 0.05) is 12.6 Å². The minimum absolute atomic E-state index is 0.0547. The Balaban J connectivity index is 1.37.